The van der Waals surface area contributed by atoms with Gasteiger partial charge in [-0.25, -0.2) is 0 Å². The molecule has 1 atom stereocenters. The van der Waals surface area contributed by atoms with Crippen molar-refractivity contribution in [1.82, 2.24) is 0 Å². The summed E-state index contributed by atoms with van der Waals surface area (Å²) in [6.45, 7) is 4.22. The van der Waals surface area contributed by atoms with Crippen molar-refractivity contribution in [2.75, 3.05) is 13.0 Å². The van der Waals surface area contributed by atoms with Gasteiger partial charge in [0.15, 0.2) is 0 Å². The van der Waals surface area contributed by atoms with Crippen LogP contribution in [-0.4, -0.2) is 18.6 Å². The Kier molecular flexibility index (Phi) is 5.98. The Morgan fingerprint density at radius 1 is 1.41 bits per heavy atom. The minimum atomic E-state index is -0.0731. The third kappa shape index (κ3) is 4.99. The van der Waals surface area contributed by atoms with Crippen LogP contribution in [-0.2, 0) is 4.74 Å². The summed E-state index contributed by atoms with van der Waals surface area (Å²) in [5, 5.41) is 0. The van der Waals surface area contributed by atoms with Crippen molar-refractivity contribution >= 4 is 27.5 Å². The van der Waals surface area contributed by atoms with E-state index in [4.69, 9.17) is 16.3 Å². The molecule has 0 aliphatic rings. The normalized spacial score (nSPS) is 13.7. The van der Waals surface area contributed by atoms with E-state index in [9.17, 15) is 0 Å². The molecule has 0 radical (unpaired) electrons. The van der Waals surface area contributed by atoms with Gasteiger partial charge in [0, 0.05) is 17.5 Å². The van der Waals surface area contributed by atoms with Gasteiger partial charge >= 0.3 is 0 Å². The second-order valence-electron chi connectivity index (χ2n) is 4.91. The first kappa shape index (κ1) is 15.0. The first-order valence-electron chi connectivity index (χ1n) is 5.85. The highest BCUT2D eigenvalue weighted by atomic mass is 79.9. The fraction of sp³-hybridized carbons (Fsp3) is 0.571. The molecule has 0 aliphatic carbocycles. The summed E-state index contributed by atoms with van der Waals surface area (Å²) in [7, 11) is 1.76. The first-order chi connectivity index (χ1) is 7.98. The molecular formula is C14H20BrClO. The van der Waals surface area contributed by atoms with Gasteiger partial charge in [-0.15, -0.1) is 11.6 Å². The second kappa shape index (κ2) is 6.77. The Labute approximate surface area is 118 Å². The van der Waals surface area contributed by atoms with Crippen molar-refractivity contribution in [3.05, 3.63) is 34.3 Å². The number of ether oxygens (including phenoxy) is 1. The summed E-state index contributed by atoms with van der Waals surface area (Å²) in [6.07, 6.45) is 2.05. The van der Waals surface area contributed by atoms with Crippen molar-refractivity contribution in [3.8, 4) is 0 Å². The van der Waals surface area contributed by atoms with Gasteiger partial charge in [0.1, 0.15) is 0 Å². The van der Waals surface area contributed by atoms with Crippen LogP contribution < -0.4 is 0 Å². The van der Waals surface area contributed by atoms with Crippen molar-refractivity contribution in [1.29, 1.82) is 0 Å². The summed E-state index contributed by atoms with van der Waals surface area (Å²) in [6, 6.07) is 8.37. The third-order valence-corrected chi connectivity index (χ3v) is 4.02. The minimum absolute atomic E-state index is 0.0731. The van der Waals surface area contributed by atoms with Gasteiger partial charge in [0.05, 0.1) is 5.60 Å². The number of hydrogen-bond acceptors (Lipinski definition) is 1. The zero-order chi connectivity index (χ0) is 12.9. The molecule has 1 aromatic carbocycles. The molecule has 1 aromatic rings. The molecule has 0 saturated carbocycles. The Morgan fingerprint density at radius 3 is 2.65 bits per heavy atom. The SMILES string of the molecule is COC(C)(C)CCC(CCl)c1cccc(Br)c1. The van der Waals surface area contributed by atoms with E-state index in [1.807, 2.05) is 6.07 Å². The van der Waals surface area contributed by atoms with Crippen LogP contribution in [0.2, 0.25) is 0 Å². The lowest BCUT2D eigenvalue weighted by atomic mass is 9.91. The van der Waals surface area contributed by atoms with Crippen molar-refractivity contribution in [3.63, 3.8) is 0 Å². The monoisotopic (exact) mass is 318 g/mol. The maximum atomic E-state index is 6.07. The average Bonchev–Trinajstić information content (AvgIpc) is 2.30. The molecule has 3 heteroatoms. The van der Waals surface area contributed by atoms with Crippen LogP contribution in [0.4, 0.5) is 0 Å². The maximum absolute atomic E-state index is 6.07. The van der Waals surface area contributed by atoms with Crippen LogP contribution in [0, 0.1) is 0 Å². The predicted octanol–water partition coefficient (Wildman–Crippen LogP) is 4.98. The lowest BCUT2D eigenvalue weighted by Crippen LogP contribution is -2.23. The molecule has 0 saturated heterocycles. The molecule has 1 nitrogen and oxygen atoms in total. The Hall–Kier alpha value is -0.0500. The van der Waals surface area contributed by atoms with Crippen LogP contribution in [0.3, 0.4) is 0 Å². The Morgan fingerprint density at radius 2 is 2.12 bits per heavy atom. The van der Waals surface area contributed by atoms with Crippen LogP contribution in [0.5, 0.6) is 0 Å². The summed E-state index contributed by atoms with van der Waals surface area (Å²) in [5.74, 6) is 1.04. The Bertz CT molecular complexity index is 352. The van der Waals surface area contributed by atoms with Crippen LogP contribution in [0.1, 0.15) is 38.2 Å². The maximum Gasteiger partial charge on any atom is 0.0623 e. The lowest BCUT2D eigenvalue weighted by molar-refractivity contribution is 0.0128. The van der Waals surface area contributed by atoms with E-state index in [1.165, 1.54) is 5.56 Å². The van der Waals surface area contributed by atoms with Crippen molar-refractivity contribution in [2.24, 2.45) is 0 Å². The molecule has 0 bridgehead atoms. The number of alkyl halides is 1. The van der Waals surface area contributed by atoms with Crippen molar-refractivity contribution in [2.45, 2.75) is 38.2 Å². The van der Waals surface area contributed by atoms with Gasteiger partial charge in [0.25, 0.3) is 0 Å². The molecule has 0 spiro atoms. The van der Waals surface area contributed by atoms with Gasteiger partial charge in [-0.3, -0.25) is 0 Å². The van der Waals surface area contributed by atoms with E-state index in [2.05, 4.69) is 48.0 Å². The molecular weight excluding hydrogens is 300 g/mol. The summed E-state index contributed by atoms with van der Waals surface area (Å²) in [5.41, 5.74) is 1.22. The average molecular weight is 320 g/mol. The van der Waals surface area contributed by atoms with E-state index in [0.29, 0.717) is 11.8 Å². The number of benzene rings is 1. The van der Waals surface area contributed by atoms with Gasteiger partial charge in [-0.2, -0.15) is 0 Å². The minimum Gasteiger partial charge on any atom is -0.379 e. The Balaban J connectivity index is 2.66. The zero-order valence-electron chi connectivity index (χ0n) is 10.7. The molecule has 1 rings (SSSR count). The van der Waals surface area contributed by atoms with Crippen LogP contribution in [0.15, 0.2) is 28.7 Å². The molecule has 0 aromatic heterocycles. The number of halogens is 2. The highest BCUT2D eigenvalue weighted by Gasteiger charge is 2.19. The molecule has 0 aliphatic heterocycles. The van der Waals surface area contributed by atoms with Crippen LogP contribution >= 0.6 is 27.5 Å². The van der Waals surface area contributed by atoms with Gasteiger partial charge in [-0.05, 0) is 50.3 Å². The zero-order valence-corrected chi connectivity index (χ0v) is 13.0. The third-order valence-electron chi connectivity index (χ3n) is 3.15. The van der Waals surface area contributed by atoms with Crippen LogP contribution in [0.25, 0.3) is 0 Å². The molecule has 17 heavy (non-hydrogen) atoms. The highest BCUT2D eigenvalue weighted by molar-refractivity contribution is 9.10. The standard InChI is InChI=1S/C14H20BrClO/c1-14(2,17-3)8-7-12(10-16)11-5-4-6-13(15)9-11/h4-6,9,12H,7-8,10H2,1-3H3. The largest absolute Gasteiger partial charge is 0.379 e. The van der Waals surface area contributed by atoms with Gasteiger partial charge in [-0.1, -0.05) is 28.1 Å². The highest BCUT2D eigenvalue weighted by Crippen LogP contribution is 2.28. The lowest BCUT2D eigenvalue weighted by Gasteiger charge is -2.25. The summed E-state index contributed by atoms with van der Waals surface area (Å²) >= 11 is 9.57. The molecule has 0 heterocycles. The smallest absolute Gasteiger partial charge is 0.0623 e. The fourth-order valence-corrected chi connectivity index (χ4v) is 2.47. The van der Waals surface area contributed by atoms with E-state index >= 15 is 0 Å². The number of methoxy groups -OCH3 is 1. The second-order valence-corrected chi connectivity index (χ2v) is 6.13. The van der Waals surface area contributed by atoms with E-state index in [1.54, 1.807) is 7.11 Å². The van der Waals surface area contributed by atoms with E-state index in [-0.39, 0.29) is 5.60 Å². The number of hydrogen-bond donors (Lipinski definition) is 0. The van der Waals surface area contributed by atoms with Gasteiger partial charge in [0.2, 0.25) is 0 Å². The molecule has 0 N–H and O–H groups in total. The van der Waals surface area contributed by atoms with E-state index in [0.717, 1.165) is 17.3 Å². The van der Waals surface area contributed by atoms with E-state index < -0.39 is 0 Å². The topological polar surface area (TPSA) is 9.23 Å². The molecule has 0 fully saturated rings. The first-order valence-corrected chi connectivity index (χ1v) is 7.18. The summed E-state index contributed by atoms with van der Waals surface area (Å²) < 4.78 is 6.55. The van der Waals surface area contributed by atoms with Gasteiger partial charge < -0.3 is 4.74 Å². The molecule has 1 unspecified atom stereocenters. The molecule has 0 amide bonds. The van der Waals surface area contributed by atoms with Crippen molar-refractivity contribution < 1.29 is 4.74 Å². The predicted molar refractivity (Wildman–Crippen MR) is 77.9 cm³/mol. The quantitative estimate of drug-likeness (QED) is 0.672. The summed E-state index contributed by atoms with van der Waals surface area (Å²) in [4.78, 5) is 0. The number of rotatable bonds is 6. The fourth-order valence-electron chi connectivity index (χ4n) is 1.72. The molecule has 96 valence electrons.